The van der Waals surface area contributed by atoms with E-state index in [4.69, 9.17) is 9.52 Å². The van der Waals surface area contributed by atoms with Crippen molar-refractivity contribution in [2.45, 2.75) is 45.1 Å². The Balaban J connectivity index is 3.47. The van der Waals surface area contributed by atoms with Crippen LogP contribution in [-0.4, -0.2) is 25.0 Å². The van der Waals surface area contributed by atoms with E-state index in [2.05, 4.69) is 4.72 Å². The minimum Gasteiger partial charge on any atom is -0.478 e. The highest BCUT2D eigenvalue weighted by Gasteiger charge is 2.33. The van der Waals surface area contributed by atoms with Crippen LogP contribution in [0.5, 0.6) is 0 Å². The smallest absolute Gasteiger partial charge is 0.340 e. The van der Waals surface area contributed by atoms with E-state index in [9.17, 15) is 13.2 Å². The standard InChI is InChI=1S/C11H17NO5S/c1-6-8(10(13)14)9(7(2)17-6)18(15,16)12-11(3,4)5/h12H,1-5H3,(H,13,14). The van der Waals surface area contributed by atoms with E-state index >= 15 is 0 Å². The molecule has 1 aromatic heterocycles. The number of carbonyl (C=O) groups is 1. The summed E-state index contributed by atoms with van der Waals surface area (Å²) in [5, 5.41) is 9.07. The molecule has 1 heterocycles. The molecule has 0 fully saturated rings. The Morgan fingerprint density at radius 2 is 1.72 bits per heavy atom. The topological polar surface area (TPSA) is 96.6 Å². The number of aryl methyl sites for hydroxylation is 2. The fourth-order valence-electron chi connectivity index (χ4n) is 1.69. The maximum atomic E-state index is 12.2. The number of carboxylic acids is 1. The van der Waals surface area contributed by atoms with Gasteiger partial charge in [0.05, 0.1) is 0 Å². The summed E-state index contributed by atoms with van der Waals surface area (Å²) in [5.74, 6) is -1.17. The number of aromatic carboxylic acids is 1. The summed E-state index contributed by atoms with van der Waals surface area (Å²) < 4.78 is 31.9. The number of sulfonamides is 1. The SMILES string of the molecule is Cc1oc(C)c(S(=O)(=O)NC(C)(C)C)c1C(=O)O. The van der Waals surface area contributed by atoms with E-state index in [0.29, 0.717) is 0 Å². The number of hydrogen-bond donors (Lipinski definition) is 2. The summed E-state index contributed by atoms with van der Waals surface area (Å²) in [6, 6.07) is 0. The molecule has 0 saturated carbocycles. The maximum Gasteiger partial charge on any atom is 0.340 e. The van der Waals surface area contributed by atoms with Gasteiger partial charge in [0.2, 0.25) is 10.0 Å². The van der Waals surface area contributed by atoms with E-state index in [1.165, 1.54) is 13.8 Å². The van der Waals surface area contributed by atoms with Gasteiger partial charge in [-0.3, -0.25) is 0 Å². The lowest BCUT2D eigenvalue weighted by atomic mass is 10.1. The van der Waals surface area contributed by atoms with Crippen molar-refractivity contribution in [1.82, 2.24) is 4.72 Å². The second kappa shape index (κ2) is 4.40. The molecule has 18 heavy (non-hydrogen) atoms. The molecule has 0 aliphatic carbocycles. The second-order valence-corrected chi connectivity index (χ2v) is 6.70. The summed E-state index contributed by atoms with van der Waals surface area (Å²) in [6.07, 6.45) is 0. The molecule has 2 N–H and O–H groups in total. The Kier molecular flexibility index (Phi) is 3.60. The van der Waals surface area contributed by atoms with Crippen LogP contribution < -0.4 is 4.72 Å². The molecule has 7 heteroatoms. The first-order valence-corrected chi connectivity index (χ1v) is 6.81. The van der Waals surface area contributed by atoms with Gasteiger partial charge in [-0.05, 0) is 34.6 Å². The zero-order valence-corrected chi connectivity index (χ0v) is 11.8. The second-order valence-electron chi connectivity index (χ2n) is 5.08. The summed E-state index contributed by atoms with van der Waals surface area (Å²) in [4.78, 5) is 10.8. The molecule has 0 saturated heterocycles. The number of rotatable bonds is 3. The number of nitrogens with one attached hydrogen (secondary N) is 1. The molecule has 1 aromatic rings. The lowest BCUT2D eigenvalue weighted by molar-refractivity contribution is 0.0691. The predicted octanol–water partition coefficient (Wildman–Crippen LogP) is 1.67. The summed E-state index contributed by atoms with van der Waals surface area (Å²) in [6.45, 7) is 7.87. The highest BCUT2D eigenvalue weighted by molar-refractivity contribution is 7.89. The van der Waals surface area contributed by atoms with Crippen LogP contribution in [0.25, 0.3) is 0 Å². The van der Waals surface area contributed by atoms with Gasteiger partial charge in [-0.1, -0.05) is 0 Å². The van der Waals surface area contributed by atoms with Gasteiger partial charge in [0.1, 0.15) is 22.0 Å². The lowest BCUT2D eigenvalue weighted by Crippen LogP contribution is -2.41. The molecule has 102 valence electrons. The molecule has 0 unspecified atom stereocenters. The molecule has 0 aromatic carbocycles. The molecule has 1 rings (SSSR count). The first-order chi connectivity index (χ1) is 7.96. The van der Waals surface area contributed by atoms with Crippen molar-refractivity contribution in [1.29, 1.82) is 0 Å². The molecule has 0 aliphatic rings. The van der Waals surface area contributed by atoms with Gasteiger partial charge >= 0.3 is 5.97 Å². The van der Waals surface area contributed by atoms with E-state index < -0.39 is 21.5 Å². The number of hydrogen-bond acceptors (Lipinski definition) is 4. The average molecular weight is 275 g/mol. The fourth-order valence-corrected chi connectivity index (χ4v) is 3.52. The van der Waals surface area contributed by atoms with Gasteiger partial charge < -0.3 is 9.52 Å². The van der Waals surface area contributed by atoms with Crippen molar-refractivity contribution in [3.63, 3.8) is 0 Å². The van der Waals surface area contributed by atoms with Crippen molar-refractivity contribution in [2.24, 2.45) is 0 Å². The highest BCUT2D eigenvalue weighted by Crippen LogP contribution is 2.27. The zero-order chi connectivity index (χ0) is 14.3. The monoisotopic (exact) mass is 275 g/mol. The van der Waals surface area contributed by atoms with E-state index in [1.54, 1.807) is 20.8 Å². The molecule has 6 nitrogen and oxygen atoms in total. The molecular formula is C11H17NO5S. The van der Waals surface area contributed by atoms with Crippen molar-refractivity contribution in [2.75, 3.05) is 0 Å². The first-order valence-electron chi connectivity index (χ1n) is 5.33. The van der Waals surface area contributed by atoms with Crippen molar-refractivity contribution in [3.8, 4) is 0 Å². The van der Waals surface area contributed by atoms with Crippen LogP contribution in [0.1, 0.15) is 42.6 Å². The Hall–Kier alpha value is -1.34. The number of carboxylic acid groups (broad SMARTS) is 1. The predicted molar refractivity (Wildman–Crippen MR) is 65.2 cm³/mol. The summed E-state index contributed by atoms with van der Waals surface area (Å²) in [7, 11) is -3.93. The average Bonchev–Trinajstić information content (AvgIpc) is 2.36. The van der Waals surface area contributed by atoms with Gasteiger partial charge in [0.25, 0.3) is 0 Å². The Labute approximate surface area is 106 Å². The van der Waals surface area contributed by atoms with E-state index in [-0.39, 0.29) is 22.0 Å². The Morgan fingerprint density at radius 3 is 2.11 bits per heavy atom. The molecule has 0 aliphatic heterocycles. The molecule has 0 atom stereocenters. The molecule has 0 radical (unpaired) electrons. The van der Waals surface area contributed by atoms with Gasteiger partial charge in [-0.15, -0.1) is 0 Å². The quantitative estimate of drug-likeness (QED) is 0.874. The third-order valence-electron chi connectivity index (χ3n) is 2.13. The number of furan rings is 1. The van der Waals surface area contributed by atoms with Crippen LogP contribution in [0, 0.1) is 13.8 Å². The third-order valence-corrected chi connectivity index (χ3v) is 4.04. The lowest BCUT2D eigenvalue weighted by Gasteiger charge is -2.20. The van der Waals surface area contributed by atoms with Crippen molar-refractivity contribution >= 4 is 16.0 Å². The van der Waals surface area contributed by atoms with Crippen molar-refractivity contribution < 1.29 is 22.7 Å². The molecule has 0 bridgehead atoms. The van der Waals surface area contributed by atoms with Crippen LogP contribution in [0.15, 0.2) is 9.31 Å². The minimum atomic E-state index is -3.93. The zero-order valence-electron chi connectivity index (χ0n) is 11.0. The van der Waals surface area contributed by atoms with Gasteiger partial charge in [-0.25, -0.2) is 17.9 Å². The van der Waals surface area contributed by atoms with Gasteiger partial charge in [0.15, 0.2) is 0 Å². The summed E-state index contributed by atoms with van der Waals surface area (Å²) in [5.41, 5.74) is -1.02. The van der Waals surface area contributed by atoms with Crippen LogP contribution in [0.2, 0.25) is 0 Å². The van der Waals surface area contributed by atoms with Crippen molar-refractivity contribution in [3.05, 3.63) is 17.1 Å². The van der Waals surface area contributed by atoms with Crippen LogP contribution >= 0.6 is 0 Å². The largest absolute Gasteiger partial charge is 0.478 e. The highest BCUT2D eigenvalue weighted by atomic mass is 32.2. The maximum absolute atomic E-state index is 12.2. The fraction of sp³-hybridized carbons (Fsp3) is 0.545. The Morgan fingerprint density at radius 1 is 1.22 bits per heavy atom. The Bertz CT molecular complexity index is 577. The normalized spacial score (nSPS) is 12.7. The molecule has 0 amide bonds. The van der Waals surface area contributed by atoms with E-state index in [0.717, 1.165) is 0 Å². The van der Waals surface area contributed by atoms with Crippen LogP contribution in [0.4, 0.5) is 0 Å². The first kappa shape index (κ1) is 14.7. The van der Waals surface area contributed by atoms with Gasteiger partial charge in [0, 0.05) is 5.54 Å². The van der Waals surface area contributed by atoms with Crippen LogP contribution in [0.3, 0.4) is 0 Å². The minimum absolute atomic E-state index is 0.0710. The molecule has 0 spiro atoms. The summed E-state index contributed by atoms with van der Waals surface area (Å²) >= 11 is 0. The third kappa shape index (κ3) is 2.91. The van der Waals surface area contributed by atoms with E-state index in [1.807, 2.05) is 0 Å². The van der Waals surface area contributed by atoms with Crippen LogP contribution in [-0.2, 0) is 10.0 Å². The van der Waals surface area contributed by atoms with Gasteiger partial charge in [-0.2, -0.15) is 0 Å². The molecular weight excluding hydrogens is 258 g/mol.